The third-order valence-corrected chi connectivity index (χ3v) is 3.11. The molecular weight excluding hydrogens is 282 g/mol. The average molecular weight is 290 g/mol. The van der Waals surface area contributed by atoms with Crippen molar-refractivity contribution in [3.63, 3.8) is 0 Å². The second-order valence-corrected chi connectivity index (χ2v) is 4.49. The molecule has 7 nitrogen and oxygen atoms in total. The van der Waals surface area contributed by atoms with Gasteiger partial charge in [-0.05, 0) is 5.56 Å². The molecular formula is C12H8ClN5O2. The summed E-state index contributed by atoms with van der Waals surface area (Å²) in [6.45, 7) is 0.422. The van der Waals surface area contributed by atoms with Crippen molar-refractivity contribution < 1.29 is 4.92 Å². The topological polar surface area (TPSA) is 86.7 Å². The maximum Gasteiger partial charge on any atom is 0.269 e. The van der Waals surface area contributed by atoms with E-state index in [4.69, 9.17) is 11.6 Å². The molecule has 1 aromatic carbocycles. The van der Waals surface area contributed by atoms with Crippen molar-refractivity contribution in [2.45, 2.75) is 6.54 Å². The van der Waals surface area contributed by atoms with Crippen LogP contribution < -0.4 is 0 Å². The zero-order valence-electron chi connectivity index (χ0n) is 10.1. The first-order chi connectivity index (χ1) is 9.65. The smallest absolute Gasteiger partial charge is 0.269 e. The zero-order chi connectivity index (χ0) is 14.1. The van der Waals surface area contributed by atoms with Crippen LogP contribution in [0.25, 0.3) is 11.2 Å². The molecule has 0 spiro atoms. The Hall–Kier alpha value is -2.54. The molecule has 0 aliphatic heterocycles. The fraction of sp³-hybridized carbons (Fsp3) is 0.0833. The lowest BCUT2D eigenvalue weighted by Crippen LogP contribution is -2.00. The van der Waals surface area contributed by atoms with Gasteiger partial charge in [-0.15, -0.1) is 0 Å². The lowest BCUT2D eigenvalue weighted by atomic mass is 10.2. The van der Waals surface area contributed by atoms with Crippen molar-refractivity contribution in [2.24, 2.45) is 0 Å². The summed E-state index contributed by atoms with van der Waals surface area (Å²) in [5.41, 5.74) is 1.95. The molecule has 0 aliphatic carbocycles. The van der Waals surface area contributed by atoms with Gasteiger partial charge < -0.3 is 4.57 Å². The number of nitrogens with zero attached hydrogens (tertiary/aromatic N) is 5. The Kier molecular flexibility index (Phi) is 3.03. The first-order valence-corrected chi connectivity index (χ1v) is 6.07. The second kappa shape index (κ2) is 4.86. The summed E-state index contributed by atoms with van der Waals surface area (Å²) in [7, 11) is 0. The summed E-state index contributed by atoms with van der Waals surface area (Å²) < 4.78 is 1.77. The summed E-state index contributed by atoms with van der Waals surface area (Å²) in [5, 5.41) is 11.0. The molecule has 0 saturated heterocycles. The predicted molar refractivity (Wildman–Crippen MR) is 72.5 cm³/mol. The molecule has 0 unspecified atom stereocenters. The minimum absolute atomic E-state index is 0.0552. The molecule has 0 N–H and O–H groups in total. The summed E-state index contributed by atoms with van der Waals surface area (Å²) in [6.07, 6.45) is 2.94. The van der Waals surface area contributed by atoms with Gasteiger partial charge in [-0.25, -0.2) is 15.0 Å². The highest BCUT2D eigenvalue weighted by Crippen LogP contribution is 2.19. The molecule has 0 atom stereocenters. The number of non-ortho nitro benzene ring substituents is 1. The van der Waals surface area contributed by atoms with Gasteiger partial charge in [-0.1, -0.05) is 23.7 Å². The van der Waals surface area contributed by atoms with Gasteiger partial charge in [0.2, 0.25) is 0 Å². The molecule has 20 heavy (non-hydrogen) atoms. The van der Waals surface area contributed by atoms with E-state index in [0.717, 1.165) is 5.56 Å². The Balaban J connectivity index is 1.99. The van der Waals surface area contributed by atoms with E-state index >= 15 is 0 Å². The Morgan fingerprint density at radius 3 is 2.95 bits per heavy atom. The van der Waals surface area contributed by atoms with E-state index in [1.807, 2.05) is 6.07 Å². The van der Waals surface area contributed by atoms with Crippen LogP contribution in [0, 0.1) is 10.1 Å². The van der Waals surface area contributed by atoms with Crippen molar-refractivity contribution in [3.8, 4) is 0 Å². The lowest BCUT2D eigenvalue weighted by Gasteiger charge is -2.03. The largest absolute Gasteiger partial charge is 0.311 e. The van der Waals surface area contributed by atoms with Crippen LogP contribution in [-0.4, -0.2) is 24.4 Å². The normalized spacial score (nSPS) is 10.8. The van der Waals surface area contributed by atoms with E-state index in [9.17, 15) is 10.1 Å². The highest BCUT2D eigenvalue weighted by Gasteiger charge is 2.10. The summed E-state index contributed by atoms with van der Waals surface area (Å²) >= 11 is 5.92. The van der Waals surface area contributed by atoms with Crippen LogP contribution in [0.2, 0.25) is 5.15 Å². The number of nitro benzene ring substituents is 1. The average Bonchev–Trinajstić information content (AvgIpc) is 2.84. The zero-order valence-corrected chi connectivity index (χ0v) is 10.9. The van der Waals surface area contributed by atoms with Crippen molar-refractivity contribution in [1.82, 2.24) is 19.5 Å². The van der Waals surface area contributed by atoms with Gasteiger partial charge in [0.25, 0.3) is 5.69 Å². The molecule has 3 rings (SSSR count). The van der Waals surface area contributed by atoms with Crippen LogP contribution in [0.5, 0.6) is 0 Å². The van der Waals surface area contributed by atoms with Gasteiger partial charge in [0.15, 0.2) is 10.8 Å². The monoisotopic (exact) mass is 289 g/mol. The van der Waals surface area contributed by atoms with Crippen molar-refractivity contribution >= 4 is 28.5 Å². The van der Waals surface area contributed by atoms with Gasteiger partial charge in [0, 0.05) is 12.1 Å². The summed E-state index contributed by atoms with van der Waals surface area (Å²) in [5.74, 6) is 0. The fourth-order valence-electron chi connectivity index (χ4n) is 1.93. The SMILES string of the molecule is O=[N+]([O-])c1cccc(Cn2cnc3c(Cl)ncnc32)c1. The van der Waals surface area contributed by atoms with E-state index in [0.29, 0.717) is 17.7 Å². The first kappa shape index (κ1) is 12.5. The van der Waals surface area contributed by atoms with Crippen LogP contribution in [0.4, 0.5) is 5.69 Å². The van der Waals surface area contributed by atoms with Crippen molar-refractivity contribution in [2.75, 3.05) is 0 Å². The molecule has 0 saturated carbocycles. The predicted octanol–water partition coefficient (Wildman–Crippen LogP) is 2.44. The molecule has 2 heterocycles. The minimum atomic E-state index is -0.422. The highest BCUT2D eigenvalue weighted by molar-refractivity contribution is 6.33. The second-order valence-electron chi connectivity index (χ2n) is 4.14. The fourth-order valence-corrected chi connectivity index (χ4v) is 2.11. The molecule has 100 valence electrons. The van der Waals surface area contributed by atoms with Crippen LogP contribution in [0.3, 0.4) is 0 Å². The Morgan fingerprint density at radius 2 is 2.15 bits per heavy atom. The van der Waals surface area contributed by atoms with Gasteiger partial charge in [-0.3, -0.25) is 10.1 Å². The van der Waals surface area contributed by atoms with Gasteiger partial charge in [0.05, 0.1) is 17.8 Å². The summed E-state index contributed by atoms with van der Waals surface area (Å²) in [4.78, 5) is 22.5. The maximum atomic E-state index is 10.8. The van der Waals surface area contributed by atoms with E-state index < -0.39 is 4.92 Å². The Labute approximate surface area is 118 Å². The molecule has 2 aromatic heterocycles. The lowest BCUT2D eigenvalue weighted by molar-refractivity contribution is -0.384. The van der Waals surface area contributed by atoms with Crippen molar-refractivity contribution in [3.05, 3.63) is 57.8 Å². The standard InChI is InChI=1S/C12H8ClN5O2/c13-11-10-12(15-6-14-11)17(7-16-10)5-8-2-1-3-9(4-8)18(19)20/h1-4,6-7H,5H2. The van der Waals surface area contributed by atoms with Crippen LogP contribution in [0.15, 0.2) is 36.9 Å². The number of aromatic nitrogens is 4. The quantitative estimate of drug-likeness (QED) is 0.420. The highest BCUT2D eigenvalue weighted by atomic mass is 35.5. The van der Waals surface area contributed by atoms with E-state index in [1.54, 1.807) is 17.0 Å². The maximum absolute atomic E-state index is 10.8. The van der Waals surface area contributed by atoms with Crippen LogP contribution in [0.1, 0.15) is 5.56 Å². The van der Waals surface area contributed by atoms with Crippen LogP contribution >= 0.6 is 11.6 Å². The van der Waals surface area contributed by atoms with E-state index in [-0.39, 0.29) is 10.8 Å². The van der Waals surface area contributed by atoms with Gasteiger partial charge in [-0.2, -0.15) is 0 Å². The van der Waals surface area contributed by atoms with Crippen LogP contribution in [-0.2, 0) is 6.54 Å². The summed E-state index contributed by atoms with van der Waals surface area (Å²) in [6, 6.07) is 6.43. The van der Waals surface area contributed by atoms with Gasteiger partial charge in [0.1, 0.15) is 11.8 Å². The number of hydrogen-bond acceptors (Lipinski definition) is 5. The number of fused-ring (bicyclic) bond motifs is 1. The minimum Gasteiger partial charge on any atom is -0.311 e. The first-order valence-electron chi connectivity index (χ1n) is 5.70. The molecule has 3 aromatic rings. The third-order valence-electron chi connectivity index (χ3n) is 2.83. The molecule has 0 aliphatic rings. The number of benzene rings is 1. The van der Waals surface area contributed by atoms with E-state index in [2.05, 4.69) is 15.0 Å². The number of hydrogen-bond donors (Lipinski definition) is 0. The molecule has 0 fully saturated rings. The third kappa shape index (κ3) is 2.19. The molecule has 0 radical (unpaired) electrons. The number of nitro groups is 1. The number of rotatable bonds is 3. The number of halogens is 1. The molecule has 0 bridgehead atoms. The molecule has 8 heteroatoms. The number of imidazole rings is 1. The van der Waals surface area contributed by atoms with E-state index in [1.165, 1.54) is 18.5 Å². The Morgan fingerprint density at radius 1 is 1.30 bits per heavy atom. The Bertz CT molecular complexity index is 801. The van der Waals surface area contributed by atoms with Gasteiger partial charge >= 0.3 is 0 Å². The van der Waals surface area contributed by atoms with Crippen molar-refractivity contribution in [1.29, 1.82) is 0 Å². The molecule has 0 amide bonds.